The third-order valence-corrected chi connectivity index (χ3v) is 5.71. The van der Waals surface area contributed by atoms with Crippen LogP contribution in [0.5, 0.6) is 11.5 Å². The van der Waals surface area contributed by atoms with E-state index in [1.807, 2.05) is 26.3 Å². The minimum absolute atomic E-state index is 0.184. The van der Waals surface area contributed by atoms with Gasteiger partial charge in [-0.25, -0.2) is 13.8 Å². The van der Waals surface area contributed by atoms with Gasteiger partial charge in [0.2, 0.25) is 0 Å². The van der Waals surface area contributed by atoms with Crippen LogP contribution in [0, 0.1) is 12.2 Å². The molecule has 0 amide bonds. The Morgan fingerprint density at radius 3 is 2.76 bits per heavy atom. The Bertz CT molecular complexity index is 1190. The molecular formula is C22H19F2N2O2S. The molecule has 0 N–H and O–H groups in total. The molecule has 0 aliphatic heterocycles. The van der Waals surface area contributed by atoms with Gasteiger partial charge in [0.15, 0.2) is 11.6 Å². The maximum atomic E-state index is 14.4. The Balaban J connectivity index is 1.86. The monoisotopic (exact) mass is 413 g/mol. The van der Waals surface area contributed by atoms with E-state index >= 15 is 0 Å². The number of benzene rings is 2. The molecule has 0 aliphatic carbocycles. The first-order valence-corrected chi connectivity index (χ1v) is 9.93. The van der Waals surface area contributed by atoms with Crippen LogP contribution in [-0.2, 0) is 6.67 Å². The molecule has 4 aromatic rings. The van der Waals surface area contributed by atoms with E-state index in [0.29, 0.717) is 32.9 Å². The average molecular weight is 413 g/mol. The van der Waals surface area contributed by atoms with Crippen molar-refractivity contribution in [3.63, 3.8) is 0 Å². The zero-order chi connectivity index (χ0) is 20.5. The van der Waals surface area contributed by atoms with E-state index in [1.165, 1.54) is 17.4 Å². The van der Waals surface area contributed by atoms with E-state index in [2.05, 4.69) is 9.97 Å². The van der Waals surface area contributed by atoms with Gasteiger partial charge in [0.1, 0.15) is 17.4 Å². The predicted octanol–water partition coefficient (Wildman–Crippen LogP) is 6.12. The van der Waals surface area contributed by atoms with Gasteiger partial charge in [-0.1, -0.05) is 6.92 Å². The van der Waals surface area contributed by atoms with Crippen molar-refractivity contribution in [3.05, 3.63) is 54.3 Å². The van der Waals surface area contributed by atoms with E-state index in [9.17, 15) is 8.78 Å². The van der Waals surface area contributed by atoms with Crippen LogP contribution in [0.25, 0.3) is 31.7 Å². The highest BCUT2D eigenvalue weighted by molar-refractivity contribution is 7.21. The van der Waals surface area contributed by atoms with Crippen LogP contribution < -0.4 is 9.47 Å². The van der Waals surface area contributed by atoms with E-state index in [-0.39, 0.29) is 11.9 Å². The third kappa shape index (κ3) is 3.74. The van der Waals surface area contributed by atoms with E-state index < -0.39 is 12.5 Å². The number of pyridine rings is 1. The molecule has 4 nitrogen and oxygen atoms in total. The van der Waals surface area contributed by atoms with Crippen LogP contribution >= 0.6 is 11.3 Å². The molecular weight excluding hydrogens is 394 g/mol. The topological polar surface area (TPSA) is 44.2 Å². The van der Waals surface area contributed by atoms with Crippen LogP contribution in [-0.4, -0.2) is 23.2 Å². The first kappa shape index (κ1) is 19.5. The van der Waals surface area contributed by atoms with Gasteiger partial charge in [-0.2, -0.15) is 0 Å². The van der Waals surface area contributed by atoms with Crippen molar-refractivity contribution >= 4 is 32.5 Å². The second-order valence-corrected chi connectivity index (χ2v) is 7.68. The lowest BCUT2D eigenvalue weighted by Crippen LogP contribution is -2.11. The standard InChI is InChI=1S/C22H19F2N2O2S/c1-4-12(2)28-19-9-20-18(8-17(19)24)26-22(29-20)16-6-13(10-23)5-14-7-15(27-3)11-25-21(14)16/h4-9,11-12H,10H2,1-3H3/t12-/m0/s1. The number of fused-ring (bicyclic) bond motifs is 2. The van der Waals surface area contributed by atoms with Gasteiger partial charge in [0.25, 0.3) is 0 Å². The number of ether oxygens (including phenoxy) is 2. The van der Waals surface area contributed by atoms with Crippen molar-refractivity contribution in [2.75, 3.05) is 7.11 Å². The smallest absolute Gasteiger partial charge is 0.167 e. The number of aromatic nitrogens is 2. The number of methoxy groups -OCH3 is 1. The van der Waals surface area contributed by atoms with Crippen molar-refractivity contribution in [2.45, 2.75) is 26.6 Å². The largest absolute Gasteiger partial charge is 0.495 e. The van der Waals surface area contributed by atoms with Crippen LogP contribution in [0.2, 0.25) is 0 Å². The molecule has 4 rings (SSSR count). The molecule has 2 aromatic carbocycles. The molecule has 2 aromatic heterocycles. The summed E-state index contributed by atoms with van der Waals surface area (Å²) in [7, 11) is 1.56. The Labute approximate surface area is 171 Å². The number of alkyl halides is 1. The summed E-state index contributed by atoms with van der Waals surface area (Å²) >= 11 is 1.39. The second-order valence-electron chi connectivity index (χ2n) is 6.65. The maximum absolute atomic E-state index is 14.4. The van der Waals surface area contributed by atoms with Crippen molar-refractivity contribution in [1.82, 2.24) is 9.97 Å². The van der Waals surface area contributed by atoms with E-state index in [4.69, 9.17) is 9.47 Å². The quantitative estimate of drug-likeness (QED) is 0.382. The predicted molar refractivity (Wildman–Crippen MR) is 112 cm³/mol. The fourth-order valence-corrected chi connectivity index (χ4v) is 4.04. The molecule has 0 unspecified atom stereocenters. The molecule has 0 bridgehead atoms. The Hall–Kier alpha value is -2.80. The van der Waals surface area contributed by atoms with Crippen molar-refractivity contribution < 1.29 is 18.3 Å². The van der Waals surface area contributed by atoms with Gasteiger partial charge in [-0.3, -0.25) is 4.98 Å². The molecule has 7 heteroatoms. The fraction of sp³-hybridized carbons (Fsp3) is 0.227. The molecule has 0 spiro atoms. The highest BCUT2D eigenvalue weighted by atomic mass is 32.1. The molecule has 149 valence electrons. The summed E-state index contributed by atoms with van der Waals surface area (Å²) in [5, 5.41) is 1.40. The highest BCUT2D eigenvalue weighted by Crippen LogP contribution is 2.37. The number of rotatable bonds is 6. The van der Waals surface area contributed by atoms with Crippen LogP contribution in [0.3, 0.4) is 0 Å². The fourth-order valence-electron chi connectivity index (χ4n) is 3.05. The summed E-state index contributed by atoms with van der Waals surface area (Å²) in [6, 6.07) is 8.32. The lowest BCUT2D eigenvalue weighted by molar-refractivity contribution is 0.243. The zero-order valence-electron chi connectivity index (χ0n) is 16.2. The minimum Gasteiger partial charge on any atom is -0.495 e. The molecule has 29 heavy (non-hydrogen) atoms. The number of thiazole rings is 1. The molecule has 0 aliphatic rings. The number of hydrogen-bond donors (Lipinski definition) is 0. The third-order valence-electron chi connectivity index (χ3n) is 4.66. The van der Waals surface area contributed by atoms with Gasteiger partial charge >= 0.3 is 0 Å². The van der Waals surface area contributed by atoms with E-state index in [1.54, 1.807) is 31.5 Å². The Morgan fingerprint density at radius 2 is 2.03 bits per heavy atom. The van der Waals surface area contributed by atoms with Crippen LogP contribution in [0.15, 0.2) is 36.5 Å². The van der Waals surface area contributed by atoms with Crippen LogP contribution in [0.1, 0.15) is 19.4 Å². The summed E-state index contributed by atoms with van der Waals surface area (Å²) in [4.78, 5) is 9.05. The zero-order valence-corrected chi connectivity index (χ0v) is 17.0. The SMILES string of the molecule is C[CH][C@H](C)Oc1cc2sc(-c3cc(CF)cc4cc(OC)cnc34)nc2cc1F. The number of halogens is 2. The van der Waals surface area contributed by atoms with Gasteiger partial charge in [0, 0.05) is 23.1 Å². The lowest BCUT2D eigenvalue weighted by Gasteiger charge is -2.12. The Morgan fingerprint density at radius 1 is 1.21 bits per heavy atom. The number of nitrogens with zero attached hydrogens (tertiary/aromatic N) is 2. The van der Waals surface area contributed by atoms with Gasteiger partial charge < -0.3 is 9.47 Å². The van der Waals surface area contributed by atoms with Gasteiger partial charge in [0.05, 0.1) is 35.1 Å². The van der Waals surface area contributed by atoms with Gasteiger partial charge in [-0.15, -0.1) is 11.3 Å². The van der Waals surface area contributed by atoms with Crippen molar-refractivity contribution in [3.8, 4) is 22.1 Å². The molecule has 2 heterocycles. The summed E-state index contributed by atoms with van der Waals surface area (Å²) in [6.07, 6.45) is 3.25. The second kappa shape index (κ2) is 7.91. The Kier molecular flexibility index (Phi) is 5.32. The summed E-state index contributed by atoms with van der Waals surface area (Å²) in [5.41, 5.74) is 2.44. The van der Waals surface area contributed by atoms with E-state index in [0.717, 1.165) is 10.1 Å². The first-order valence-electron chi connectivity index (χ1n) is 9.11. The highest BCUT2D eigenvalue weighted by Gasteiger charge is 2.16. The van der Waals surface area contributed by atoms with Gasteiger partial charge in [-0.05, 0) is 37.1 Å². The maximum Gasteiger partial charge on any atom is 0.167 e. The minimum atomic E-state index is -0.608. The van der Waals surface area contributed by atoms with Crippen LogP contribution in [0.4, 0.5) is 8.78 Å². The summed E-state index contributed by atoms with van der Waals surface area (Å²) < 4.78 is 39.5. The molecule has 0 fully saturated rings. The molecule has 1 radical (unpaired) electrons. The first-order chi connectivity index (χ1) is 14.0. The lowest BCUT2D eigenvalue weighted by atomic mass is 10.1. The normalized spacial score (nSPS) is 12.4. The van der Waals surface area contributed by atoms with Crippen molar-refractivity contribution in [1.29, 1.82) is 0 Å². The summed E-state index contributed by atoms with van der Waals surface area (Å²) in [6.45, 7) is 3.09. The molecule has 0 saturated heterocycles. The average Bonchev–Trinajstić information content (AvgIpc) is 3.14. The van der Waals surface area contributed by atoms with Crippen molar-refractivity contribution in [2.24, 2.45) is 0 Å². The number of hydrogen-bond acceptors (Lipinski definition) is 5. The summed E-state index contributed by atoms with van der Waals surface area (Å²) in [5.74, 6) is 0.311. The molecule has 0 saturated carbocycles. The molecule has 1 atom stereocenters.